The summed E-state index contributed by atoms with van der Waals surface area (Å²) in [5.74, 6) is 1.26. The molecule has 0 heterocycles. The number of unbranched alkanes of at least 4 members (excludes halogenated alkanes) is 1. The van der Waals surface area contributed by atoms with Crippen LogP contribution in [0, 0.1) is 11.8 Å². The smallest absolute Gasteiger partial charge is 0.0681 e. The molecule has 0 saturated heterocycles. The zero-order valence-corrected chi connectivity index (χ0v) is 14.0. The van der Waals surface area contributed by atoms with Gasteiger partial charge in [0.05, 0.1) is 18.8 Å². The van der Waals surface area contributed by atoms with Crippen LogP contribution >= 0.6 is 0 Å². The summed E-state index contributed by atoms with van der Waals surface area (Å²) in [4.78, 5) is 0. The van der Waals surface area contributed by atoms with Crippen LogP contribution in [0.15, 0.2) is 0 Å². The van der Waals surface area contributed by atoms with Gasteiger partial charge in [-0.1, -0.05) is 47.0 Å². The van der Waals surface area contributed by atoms with Crippen molar-refractivity contribution in [3.8, 4) is 0 Å². The van der Waals surface area contributed by atoms with Crippen LogP contribution in [0.1, 0.15) is 66.2 Å². The molecule has 1 fully saturated rings. The molecule has 3 nitrogen and oxygen atoms in total. The molecule has 2 atom stereocenters. The predicted molar refractivity (Wildman–Crippen MR) is 84.9 cm³/mol. The lowest BCUT2D eigenvalue weighted by molar-refractivity contribution is 0.00423. The first-order chi connectivity index (χ1) is 9.57. The molecule has 20 heavy (non-hydrogen) atoms. The Balaban J connectivity index is 2.41. The SMILES string of the molecule is CCCCC(CC)COCC(CO)(NC(C)C)C1CC1. The number of aliphatic hydroxyl groups is 1. The van der Waals surface area contributed by atoms with Crippen molar-refractivity contribution in [2.75, 3.05) is 19.8 Å². The highest BCUT2D eigenvalue weighted by Crippen LogP contribution is 2.40. The van der Waals surface area contributed by atoms with Crippen LogP contribution in [0.5, 0.6) is 0 Å². The Morgan fingerprint density at radius 2 is 2.00 bits per heavy atom. The molecule has 3 heteroatoms. The standard InChI is InChI=1S/C17H35NO2/c1-5-7-8-15(6-2)11-20-13-17(12-19,16-9-10-16)18-14(3)4/h14-16,18-19H,5-13H2,1-4H3. The number of hydrogen-bond acceptors (Lipinski definition) is 3. The molecular formula is C17H35NO2. The highest BCUT2D eigenvalue weighted by Gasteiger charge is 2.45. The molecule has 2 unspecified atom stereocenters. The van der Waals surface area contributed by atoms with Crippen LogP contribution in [-0.4, -0.2) is 36.5 Å². The van der Waals surface area contributed by atoms with Crippen molar-refractivity contribution >= 4 is 0 Å². The van der Waals surface area contributed by atoms with Crippen molar-refractivity contribution in [3.05, 3.63) is 0 Å². The molecule has 1 aliphatic carbocycles. The average Bonchev–Trinajstić information content (AvgIpc) is 3.25. The number of aliphatic hydroxyl groups excluding tert-OH is 1. The maximum Gasteiger partial charge on any atom is 0.0681 e. The van der Waals surface area contributed by atoms with E-state index >= 15 is 0 Å². The fourth-order valence-electron chi connectivity index (χ4n) is 3.01. The van der Waals surface area contributed by atoms with Gasteiger partial charge in [0.25, 0.3) is 0 Å². The van der Waals surface area contributed by atoms with E-state index in [0.717, 1.165) is 6.61 Å². The molecule has 0 bridgehead atoms. The third-order valence-electron chi connectivity index (χ3n) is 4.47. The number of rotatable bonds is 12. The summed E-state index contributed by atoms with van der Waals surface area (Å²) >= 11 is 0. The molecule has 0 amide bonds. The minimum atomic E-state index is -0.211. The summed E-state index contributed by atoms with van der Waals surface area (Å²) in [6.45, 7) is 10.4. The van der Waals surface area contributed by atoms with Gasteiger partial charge in [-0.2, -0.15) is 0 Å². The molecule has 0 aromatic carbocycles. The molecule has 1 rings (SSSR count). The average molecular weight is 285 g/mol. The summed E-state index contributed by atoms with van der Waals surface area (Å²) in [5, 5.41) is 13.4. The molecule has 120 valence electrons. The molecule has 0 aliphatic heterocycles. The predicted octanol–water partition coefficient (Wildman–Crippen LogP) is 3.36. The summed E-state index contributed by atoms with van der Waals surface area (Å²) < 4.78 is 6.02. The quantitative estimate of drug-likeness (QED) is 0.578. The van der Waals surface area contributed by atoms with E-state index in [1.54, 1.807) is 0 Å². The van der Waals surface area contributed by atoms with E-state index in [-0.39, 0.29) is 12.1 Å². The van der Waals surface area contributed by atoms with Gasteiger partial charge < -0.3 is 15.2 Å². The second-order valence-corrected chi connectivity index (χ2v) is 6.82. The molecule has 2 N–H and O–H groups in total. The molecule has 0 aromatic rings. The summed E-state index contributed by atoms with van der Waals surface area (Å²) in [6, 6.07) is 0.383. The largest absolute Gasteiger partial charge is 0.394 e. The van der Waals surface area contributed by atoms with E-state index in [1.165, 1.54) is 38.5 Å². The maximum atomic E-state index is 9.86. The number of nitrogens with one attached hydrogen (secondary N) is 1. The van der Waals surface area contributed by atoms with Crippen molar-refractivity contribution in [3.63, 3.8) is 0 Å². The van der Waals surface area contributed by atoms with E-state index in [1.807, 2.05) is 0 Å². The van der Waals surface area contributed by atoms with Gasteiger partial charge in [-0.15, -0.1) is 0 Å². The Bertz CT molecular complexity index is 253. The third-order valence-corrected chi connectivity index (χ3v) is 4.47. The number of ether oxygens (including phenoxy) is 1. The van der Waals surface area contributed by atoms with Crippen molar-refractivity contribution in [2.24, 2.45) is 11.8 Å². The van der Waals surface area contributed by atoms with Gasteiger partial charge in [-0.25, -0.2) is 0 Å². The first-order valence-corrected chi connectivity index (χ1v) is 8.54. The zero-order chi connectivity index (χ0) is 15.0. The van der Waals surface area contributed by atoms with E-state index in [4.69, 9.17) is 4.74 Å². The molecule has 0 spiro atoms. The monoisotopic (exact) mass is 285 g/mol. The van der Waals surface area contributed by atoms with Crippen LogP contribution < -0.4 is 5.32 Å². The highest BCUT2D eigenvalue weighted by atomic mass is 16.5. The van der Waals surface area contributed by atoms with Gasteiger partial charge in [0.15, 0.2) is 0 Å². The lowest BCUT2D eigenvalue weighted by Crippen LogP contribution is -2.56. The van der Waals surface area contributed by atoms with E-state index < -0.39 is 0 Å². The van der Waals surface area contributed by atoms with Crippen LogP contribution in [0.3, 0.4) is 0 Å². The minimum Gasteiger partial charge on any atom is -0.394 e. The van der Waals surface area contributed by atoms with Crippen molar-refractivity contribution in [2.45, 2.75) is 77.8 Å². The van der Waals surface area contributed by atoms with Crippen molar-refractivity contribution in [1.29, 1.82) is 0 Å². The Hall–Kier alpha value is -0.120. The van der Waals surface area contributed by atoms with Gasteiger partial charge in [0, 0.05) is 12.6 Å². The van der Waals surface area contributed by atoms with Crippen LogP contribution in [0.25, 0.3) is 0 Å². The highest BCUT2D eigenvalue weighted by molar-refractivity contribution is 5.01. The Morgan fingerprint density at radius 3 is 2.45 bits per heavy atom. The molecule has 0 radical (unpaired) electrons. The fourth-order valence-corrected chi connectivity index (χ4v) is 3.01. The Morgan fingerprint density at radius 1 is 1.30 bits per heavy atom. The third kappa shape index (κ3) is 5.71. The van der Waals surface area contributed by atoms with Gasteiger partial charge in [-0.05, 0) is 31.1 Å². The van der Waals surface area contributed by atoms with E-state index in [0.29, 0.717) is 24.5 Å². The van der Waals surface area contributed by atoms with E-state index in [9.17, 15) is 5.11 Å². The maximum absolute atomic E-state index is 9.86. The molecular weight excluding hydrogens is 250 g/mol. The van der Waals surface area contributed by atoms with Crippen LogP contribution in [0.4, 0.5) is 0 Å². The molecule has 0 aromatic heterocycles. The van der Waals surface area contributed by atoms with Gasteiger partial charge in [-0.3, -0.25) is 0 Å². The number of hydrogen-bond donors (Lipinski definition) is 2. The fraction of sp³-hybridized carbons (Fsp3) is 1.00. The first kappa shape index (κ1) is 17.9. The normalized spacial score (nSPS) is 20.1. The summed E-state index contributed by atoms with van der Waals surface area (Å²) in [6.07, 6.45) is 7.44. The molecule has 1 aliphatic rings. The minimum absolute atomic E-state index is 0.182. The second-order valence-electron chi connectivity index (χ2n) is 6.82. The lowest BCUT2D eigenvalue weighted by atomic mass is 9.94. The first-order valence-electron chi connectivity index (χ1n) is 8.54. The Kier molecular flexibility index (Phi) is 8.08. The lowest BCUT2D eigenvalue weighted by Gasteiger charge is -2.35. The van der Waals surface area contributed by atoms with E-state index in [2.05, 4.69) is 33.0 Å². The van der Waals surface area contributed by atoms with Gasteiger partial charge in [0.2, 0.25) is 0 Å². The van der Waals surface area contributed by atoms with Crippen LogP contribution in [-0.2, 0) is 4.74 Å². The molecule has 1 saturated carbocycles. The van der Waals surface area contributed by atoms with Crippen LogP contribution in [0.2, 0.25) is 0 Å². The zero-order valence-electron chi connectivity index (χ0n) is 14.0. The summed E-state index contributed by atoms with van der Waals surface area (Å²) in [7, 11) is 0. The Labute approximate surface area is 125 Å². The van der Waals surface area contributed by atoms with Crippen molar-refractivity contribution < 1.29 is 9.84 Å². The summed E-state index contributed by atoms with van der Waals surface area (Å²) in [5.41, 5.74) is -0.211. The van der Waals surface area contributed by atoms with Crippen molar-refractivity contribution in [1.82, 2.24) is 5.32 Å². The van der Waals surface area contributed by atoms with Gasteiger partial charge >= 0.3 is 0 Å². The van der Waals surface area contributed by atoms with Gasteiger partial charge in [0.1, 0.15) is 0 Å². The topological polar surface area (TPSA) is 41.5 Å². The second kappa shape index (κ2) is 9.01.